The van der Waals surface area contributed by atoms with Crippen molar-refractivity contribution < 1.29 is 22.3 Å². The highest BCUT2D eigenvalue weighted by Gasteiger charge is 2.38. The van der Waals surface area contributed by atoms with Gasteiger partial charge in [0.05, 0.1) is 23.1 Å². The molecule has 4 rings (SSSR count). The molecule has 0 spiro atoms. The number of hydrogen-bond donors (Lipinski definition) is 2. The molecule has 1 aromatic carbocycles. The molecule has 0 radical (unpaired) electrons. The zero-order valence-corrected chi connectivity index (χ0v) is 27.1. The minimum absolute atomic E-state index is 0.0542. The summed E-state index contributed by atoms with van der Waals surface area (Å²) >= 11 is 0. The van der Waals surface area contributed by atoms with Crippen molar-refractivity contribution in [1.29, 1.82) is 0 Å². The first-order valence-corrected chi connectivity index (χ1v) is 15.1. The molecule has 238 valence electrons. The van der Waals surface area contributed by atoms with Crippen molar-refractivity contribution in [3.05, 3.63) is 54.1 Å². The maximum absolute atomic E-state index is 15.3. The average Bonchev–Trinajstić information content (AvgIpc) is 3.44. The van der Waals surface area contributed by atoms with E-state index in [2.05, 4.69) is 42.3 Å². The number of alkyl halides is 3. The van der Waals surface area contributed by atoms with Gasteiger partial charge in [0, 0.05) is 37.4 Å². The Morgan fingerprint density at radius 2 is 1.74 bits per heavy atom. The number of aromatic nitrogens is 2. The number of nitrogens with zero attached hydrogens (tertiary/aromatic N) is 2. The van der Waals surface area contributed by atoms with Crippen molar-refractivity contribution in [3.63, 3.8) is 0 Å². The zero-order valence-electron chi connectivity index (χ0n) is 27.1. The SMILES string of the molecule is C=C(C)OC(C)(C)C.C=C1NC(C(C)(C)F)CN1Cc1ccc2[nH]c(C(C)C3CCC(F)(F)CC3)nc2c1F.CCC. The summed E-state index contributed by atoms with van der Waals surface area (Å²) in [5.41, 5.74) is -0.204. The number of allylic oxidation sites excluding steroid dienone is 1. The van der Waals surface area contributed by atoms with Crippen LogP contribution in [0.1, 0.15) is 112 Å². The Hall–Kier alpha value is -2.71. The van der Waals surface area contributed by atoms with Crippen LogP contribution >= 0.6 is 0 Å². The first kappa shape index (κ1) is 35.5. The number of benzene rings is 1. The lowest BCUT2D eigenvalue weighted by molar-refractivity contribution is -0.0481. The predicted molar refractivity (Wildman–Crippen MR) is 165 cm³/mol. The van der Waals surface area contributed by atoms with Gasteiger partial charge in [-0.15, -0.1) is 0 Å². The van der Waals surface area contributed by atoms with E-state index in [-0.39, 0.29) is 42.3 Å². The molecule has 1 saturated heterocycles. The molecule has 1 aliphatic carbocycles. The highest BCUT2D eigenvalue weighted by Crippen LogP contribution is 2.42. The van der Waals surface area contributed by atoms with Gasteiger partial charge in [-0.25, -0.2) is 22.5 Å². The number of aromatic amines is 1. The molecular formula is C33H52F4N4O. The largest absolute Gasteiger partial charge is 0.493 e. The summed E-state index contributed by atoms with van der Waals surface area (Å²) in [7, 11) is 0. The molecule has 2 N–H and O–H groups in total. The molecule has 0 amide bonds. The van der Waals surface area contributed by atoms with Gasteiger partial charge in [0.1, 0.15) is 22.6 Å². The number of nitrogens with one attached hydrogen (secondary N) is 2. The third-order valence-electron chi connectivity index (χ3n) is 7.39. The van der Waals surface area contributed by atoms with Crippen molar-refractivity contribution in [3.8, 4) is 0 Å². The molecule has 9 heteroatoms. The topological polar surface area (TPSA) is 53.2 Å². The summed E-state index contributed by atoms with van der Waals surface area (Å²) in [5.74, 6) is -0.969. The van der Waals surface area contributed by atoms with Gasteiger partial charge in [-0.05, 0) is 66.4 Å². The number of halogens is 4. The molecule has 1 saturated carbocycles. The lowest BCUT2D eigenvalue weighted by atomic mass is 9.79. The molecule has 2 atom stereocenters. The number of imidazole rings is 1. The third kappa shape index (κ3) is 10.2. The zero-order chi connectivity index (χ0) is 32.0. The van der Waals surface area contributed by atoms with Crippen molar-refractivity contribution in [2.24, 2.45) is 5.92 Å². The normalized spacial score (nSPS) is 19.8. The first-order valence-electron chi connectivity index (χ1n) is 15.1. The molecule has 5 nitrogen and oxygen atoms in total. The quantitative estimate of drug-likeness (QED) is 0.258. The fourth-order valence-corrected chi connectivity index (χ4v) is 5.17. The second-order valence-electron chi connectivity index (χ2n) is 13.3. The molecule has 2 heterocycles. The Bertz CT molecular complexity index is 1190. The Kier molecular flexibility index (Phi) is 12.0. The van der Waals surface area contributed by atoms with Crippen LogP contribution in [0.4, 0.5) is 17.6 Å². The standard InChI is InChI=1S/C23H30F4N4.C7H14O.C3H8/c1-13(15-7-9-23(26,27)10-8-15)21-29-17-6-5-16(19(24)20(17)30-21)11-31-12-18(22(3,4)25)28-14(31)2;1-6(2)8-7(3,4)5;1-3-2/h5-6,13,15,18,28H,2,7-12H2,1,3-4H3,(H,29,30);1H2,2-5H3;3H2,1-2H3. The lowest BCUT2D eigenvalue weighted by Crippen LogP contribution is -2.41. The average molecular weight is 597 g/mol. The number of H-pyrrole nitrogens is 1. The molecule has 2 fully saturated rings. The third-order valence-corrected chi connectivity index (χ3v) is 7.39. The number of fused-ring (bicyclic) bond motifs is 1. The fourth-order valence-electron chi connectivity index (χ4n) is 5.17. The number of ether oxygens (including phenoxy) is 1. The Morgan fingerprint density at radius 3 is 2.19 bits per heavy atom. The van der Waals surface area contributed by atoms with Gasteiger partial charge in [0.2, 0.25) is 5.92 Å². The van der Waals surface area contributed by atoms with E-state index in [0.717, 1.165) is 5.76 Å². The van der Waals surface area contributed by atoms with Crippen LogP contribution in [0.3, 0.4) is 0 Å². The van der Waals surface area contributed by atoms with E-state index < -0.39 is 23.5 Å². The van der Waals surface area contributed by atoms with Gasteiger partial charge in [-0.2, -0.15) is 0 Å². The first-order chi connectivity index (χ1) is 19.3. The van der Waals surface area contributed by atoms with Crippen molar-refractivity contribution >= 4 is 11.0 Å². The minimum atomic E-state index is -2.57. The van der Waals surface area contributed by atoms with Gasteiger partial charge >= 0.3 is 0 Å². The Balaban J connectivity index is 0.000000480. The van der Waals surface area contributed by atoms with Gasteiger partial charge in [0.15, 0.2) is 5.82 Å². The molecule has 1 aliphatic heterocycles. The van der Waals surface area contributed by atoms with E-state index in [9.17, 15) is 13.2 Å². The van der Waals surface area contributed by atoms with Crippen LogP contribution in [0.5, 0.6) is 0 Å². The van der Waals surface area contributed by atoms with Gasteiger partial charge < -0.3 is 19.9 Å². The lowest BCUT2D eigenvalue weighted by Gasteiger charge is -2.31. The second kappa shape index (κ2) is 14.2. The molecule has 2 unspecified atom stereocenters. The Labute approximate surface area is 250 Å². The van der Waals surface area contributed by atoms with E-state index >= 15 is 4.39 Å². The van der Waals surface area contributed by atoms with E-state index in [0.29, 0.717) is 42.1 Å². The van der Waals surface area contributed by atoms with Crippen LogP contribution in [0.15, 0.2) is 36.9 Å². The number of rotatable bonds is 6. The van der Waals surface area contributed by atoms with Crippen LogP contribution in [0, 0.1) is 11.7 Å². The maximum atomic E-state index is 15.3. The van der Waals surface area contributed by atoms with Crippen LogP contribution < -0.4 is 5.32 Å². The molecule has 0 bridgehead atoms. The van der Waals surface area contributed by atoms with Crippen molar-refractivity contribution in [1.82, 2.24) is 20.2 Å². The summed E-state index contributed by atoms with van der Waals surface area (Å²) in [6, 6.07) is 3.08. The summed E-state index contributed by atoms with van der Waals surface area (Å²) in [4.78, 5) is 9.50. The highest BCUT2D eigenvalue weighted by atomic mass is 19.3. The molecule has 42 heavy (non-hydrogen) atoms. The van der Waals surface area contributed by atoms with Crippen molar-refractivity contribution in [2.75, 3.05) is 6.54 Å². The molecule has 2 aliphatic rings. The van der Waals surface area contributed by atoms with E-state index in [4.69, 9.17) is 4.74 Å². The predicted octanol–water partition coefficient (Wildman–Crippen LogP) is 9.38. The van der Waals surface area contributed by atoms with Crippen LogP contribution in [0.25, 0.3) is 11.0 Å². The second-order valence-corrected chi connectivity index (χ2v) is 13.3. The molecule has 1 aromatic heterocycles. The monoisotopic (exact) mass is 596 g/mol. The van der Waals surface area contributed by atoms with E-state index in [1.54, 1.807) is 12.1 Å². The van der Waals surface area contributed by atoms with Crippen LogP contribution in [-0.4, -0.2) is 44.6 Å². The van der Waals surface area contributed by atoms with E-state index in [1.165, 1.54) is 20.3 Å². The molecular weight excluding hydrogens is 544 g/mol. The van der Waals surface area contributed by atoms with Crippen LogP contribution in [-0.2, 0) is 11.3 Å². The van der Waals surface area contributed by atoms with Gasteiger partial charge in [0.25, 0.3) is 0 Å². The van der Waals surface area contributed by atoms with Crippen molar-refractivity contribution in [2.45, 2.75) is 130 Å². The highest BCUT2D eigenvalue weighted by molar-refractivity contribution is 5.77. The Morgan fingerprint density at radius 1 is 1.17 bits per heavy atom. The summed E-state index contributed by atoms with van der Waals surface area (Å²) in [6.45, 7) is 25.3. The van der Waals surface area contributed by atoms with Gasteiger partial charge in [-0.3, -0.25) is 0 Å². The summed E-state index contributed by atoms with van der Waals surface area (Å²) in [5, 5.41) is 3.04. The van der Waals surface area contributed by atoms with Crippen LogP contribution in [0.2, 0.25) is 0 Å². The fraction of sp³-hybridized carbons (Fsp3) is 0.667. The molecule has 2 aromatic rings. The summed E-state index contributed by atoms with van der Waals surface area (Å²) < 4.78 is 61.8. The summed E-state index contributed by atoms with van der Waals surface area (Å²) in [6.07, 6.45) is 1.92. The smallest absolute Gasteiger partial charge is 0.248 e. The maximum Gasteiger partial charge on any atom is 0.248 e. The van der Waals surface area contributed by atoms with E-state index in [1.807, 2.05) is 39.5 Å². The number of hydrogen-bond acceptors (Lipinski definition) is 4. The van der Waals surface area contributed by atoms with Gasteiger partial charge in [-0.1, -0.05) is 46.4 Å². The minimum Gasteiger partial charge on any atom is -0.493 e.